The second-order valence-electron chi connectivity index (χ2n) is 3.31. The molecule has 0 aromatic carbocycles. The number of nitrogens with zero attached hydrogens (tertiary/aromatic N) is 1. The normalized spacial score (nSPS) is 12.6. The minimum Gasteiger partial charge on any atom is -0.405 e. The summed E-state index contributed by atoms with van der Waals surface area (Å²) in [7, 11) is 1.97. The highest BCUT2D eigenvalue weighted by Gasteiger charge is 2.02. The van der Waals surface area contributed by atoms with Gasteiger partial charge in [0.15, 0.2) is 0 Å². The first kappa shape index (κ1) is 13.9. The molecule has 0 heterocycles. The highest BCUT2D eigenvalue weighted by Crippen LogP contribution is 2.01. The molecule has 0 saturated heterocycles. The molecule has 0 amide bonds. The van der Waals surface area contributed by atoms with Crippen LogP contribution in [0.15, 0.2) is 36.6 Å². The summed E-state index contributed by atoms with van der Waals surface area (Å²) in [6.45, 7) is 9.85. The fraction of sp³-hybridized carbons (Fsp3) is 0.500. The molecular formula is C12H23N3. The van der Waals surface area contributed by atoms with Crippen LogP contribution in [-0.4, -0.2) is 38.1 Å². The third kappa shape index (κ3) is 6.94. The second-order valence-corrected chi connectivity index (χ2v) is 3.31. The monoisotopic (exact) mass is 209 g/mol. The minimum atomic E-state index is 0.915. The number of hydrogen-bond donors (Lipinski definition) is 2. The lowest BCUT2D eigenvalue weighted by Crippen LogP contribution is -2.32. The summed E-state index contributed by atoms with van der Waals surface area (Å²) >= 11 is 0. The van der Waals surface area contributed by atoms with Crippen LogP contribution in [0.25, 0.3) is 0 Å². The number of nitrogens with one attached hydrogen (secondary N) is 1. The molecule has 0 radical (unpaired) electrons. The molecule has 86 valence electrons. The van der Waals surface area contributed by atoms with E-state index in [0.717, 1.165) is 26.2 Å². The molecule has 0 aliphatic rings. The maximum absolute atomic E-state index is 5.39. The Balaban J connectivity index is 4.21. The zero-order valence-electron chi connectivity index (χ0n) is 9.87. The van der Waals surface area contributed by atoms with Crippen molar-refractivity contribution in [1.29, 1.82) is 0 Å². The third-order valence-corrected chi connectivity index (χ3v) is 2.17. The molecule has 3 heteroatoms. The van der Waals surface area contributed by atoms with Crippen molar-refractivity contribution < 1.29 is 0 Å². The smallest absolute Gasteiger partial charge is 0.0234 e. The van der Waals surface area contributed by atoms with Gasteiger partial charge in [-0.1, -0.05) is 25.7 Å². The average Bonchev–Trinajstić information content (AvgIpc) is 2.24. The van der Waals surface area contributed by atoms with E-state index in [2.05, 4.69) is 23.7 Å². The van der Waals surface area contributed by atoms with Gasteiger partial charge >= 0.3 is 0 Å². The lowest BCUT2D eigenvalue weighted by atomic mass is 10.2. The highest BCUT2D eigenvalue weighted by molar-refractivity contribution is 5.23. The minimum absolute atomic E-state index is 0.915. The van der Waals surface area contributed by atoms with E-state index in [4.69, 9.17) is 5.73 Å². The fourth-order valence-corrected chi connectivity index (χ4v) is 1.31. The summed E-state index contributed by atoms with van der Waals surface area (Å²) in [5, 5.41) is 3.15. The van der Waals surface area contributed by atoms with Crippen LogP contribution in [0.4, 0.5) is 0 Å². The molecule has 0 spiro atoms. The molecule has 15 heavy (non-hydrogen) atoms. The highest BCUT2D eigenvalue weighted by atomic mass is 15.1. The van der Waals surface area contributed by atoms with Crippen LogP contribution in [0.5, 0.6) is 0 Å². The van der Waals surface area contributed by atoms with Gasteiger partial charge in [0.05, 0.1) is 0 Å². The van der Waals surface area contributed by atoms with Gasteiger partial charge in [0.25, 0.3) is 0 Å². The molecule has 3 N–H and O–H groups in total. The molecule has 0 unspecified atom stereocenters. The summed E-state index contributed by atoms with van der Waals surface area (Å²) in [6, 6.07) is 0. The van der Waals surface area contributed by atoms with Crippen LogP contribution < -0.4 is 11.1 Å². The van der Waals surface area contributed by atoms with Crippen molar-refractivity contribution in [3.05, 3.63) is 36.6 Å². The van der Waals surface area contributed by atoms with E-state index >= 15 is 0 Å². The van der Waals surface area contributed by atoms with Gasteiger partial charge in [0.2, 0.25) is 0 Å². The summed E-state index contributed by atoms with van der Waals surface area (Å²) in [5.41, 5.74) is 6.58. The van der Waals surface area contributed by atoms with E-state index in [-0.39, 0.29) is 0 Å². The Labute approximate surface area is 93.3 Å². The maximum Gasteiger partial charge on any atom is 0.0234 e. The Bertz CT molecular complexity index is 219. The molecule has 0 aliphatic heterocycles. The topological polar surface area (TPSA) is 41.3 Å². The van der Waals surface area contributed by atoms with E-state index in [0.29, 0.717) is 0 Å². The molecule has 0 aromatic rings. The largest absolute Gasteiger partial charge is 0.405 e. The summed E-state index contributed by atoms with van der Waals surface area (Å²) < 4.78 is 0. The lowest BCUT2D eigenvalue weighted by molar-refractivity contribution is 0.316. The van der Waals surface area contributed by atoms with E-state index in [1.807, 2.05) is 19.2 Å². The van der Waals surface area contributed by atoms with Crippen LogP contribution in [0.3, 0.4) is 0 Å². The Morgan fingerprint density at radius 3 is 2.73 bits per heavy atom. The zero-order chi connectivity index (χ0) is 11.5. The number of allylic oxidation sites excluding steroid dienone is 2. The van der Waals surface area contributed by atoms with Gasteiger partial charge in [0.1, 0.15) is 0 Å². The molecule has 0 atom stereocenters. The first-order chi connectivity index (χ1) is 7.28. The van der Waals surface area contributed by atoms with Crippen molar-refractivity contribution in [2.45, 2.75) is 6.92 Å². The predicted molar refractivity (Wildman–Crippen MR) is 67.6 cm³/mol. The first-order valence-corrected chi connectivity index (χ1v) is 5.35. The number of rotatable bonds is 8. The van der Waals surface area contributed by atoms with Gasteiger partial charge in [-0.25, -0.2) is 0 Å². The molecule has 0 saturated carbocycles. The molecule has 0 rings (SSSR count). The number of likely N-dealkylation sites (N-methyl/N-ethyl adjacent to an activating group) is 2. The van der Waals surface area contributed by atoms with Crippen LogP contribution in [-0.2, 0) is 0 Å². The van der Waals surface area contributed by atoms with Gasteiger partial charge < -0.3 is 11.1 Å². The van der Waals surface area contributed by atoms with Gasteiger partial charge in [-0.2, -0.15) is 0 Å². The Morgan fingerprint density at radius 1 is 1.53 bits per heavy atom. The molecule has 3 nitrogen and oxygen atoms in total. The fourth-order valence-electron chi connectivity index (χ4n) is 1.31. The average molecular weight is 209 g/mol. The van der Waals surface area contributed by atoms with Crippen molar-refractivity contribution >= 4 is 0 Å². The number of nitrogens with two attached hydrogens (primary N) is 1. The summed E-state index contributed by atoms with van der Waals surface area (Å²) in [4.78, 5) is 2.35. The maximum atomic E-state index is 5.39. The van der Waals surface area contributed by atoms with Crippen molar-refractivity contribution in [3.8, 4) is 0 Å². The SMILES string of the molecule is C=C/C=C(\C=C/N)CN(CC)CCNC. The van der Waals surface area contributed by atoms with Gasteiger partial charge in [-0.3, -0.25) is 4.90 Å². The Hall–Kier alpha value is -1.06. The molecule has 0 fully saturated rings. The quantitative estimate of drug-likeness (QED) is 0.588. The molecule has 0 aliphatic carbocycles. The van der Waals surface area contributed by atoms with Crippen LogP contribution in [0, 0.1) is 0 Å². The van der Waals surface area contributed by atoms with Crippen LogP contribution in [0.1, 0.15) is 6.92 Å². The van der Waals surface area contributed by atoms with Crippen molar-refractivity contribution in [1.82, 2.24) is 10.2 Å². The first-order valence-electron chi connectivity index (χ1n) is 5.35. The summed E-state index contributed by atoms with van der Waals surface area (Å²) in [6.07, 6.45) is 7.28. The standard InChI is InChI=1S/C12H23N3/c1-4-6-12(7-8-13)11-15(5-2)10-9-14-3/h4,6-8,14H,1,5,9-11,13H2,2-3H3/b8-7-,12-6+. The van der Waals surface area contributed by atoms with Gasteiger partial charge in [-0.05, 0) is 31.4 Å². The Morgan fingerprint density at radius 2 is 2.27 bits per heavy atom. The third-order valence-electron chi connectivity index (χ3n) is 2.17. The summed E-state index contributed by atoms with van der Waals surface area (Å²) in [5.74, 6) is 0. The van der Waals surface area contributed by atoms with E-state index < -0.39 is 0 Å². The van der Waals surface area contributed by atoms with E-state index in [9.17, 15) is 0 Å². The van der Waals surface area contributed by atoms with Crippen molar-refractivity contribution in [3.63, 3.8) is 0 Å². The van der Waals surface area contributed by atoms with Crippen molar-refractivity contribution in [2.24, 2.45) is 5.73 Å². The van der Waals surface area contributed by atoms with Gasteiger partial charge in [-0.15, -0.1) is 0 Å². The number of hydrogen-bond acceptors (Lipinski definition) is 3. The van der Waals surface area contributed by atoms with Crippen molar-refractivity contribution in [2.75, 3.05) is 33.2 Å². The Kier molecular flexibility index (Phi) is 8.82. The molecule has 0 bridgehead atoms. The van der Waals surface area contributed by atoms with Gasteiger partial charge in [0, 0.05) is 19.6 Å². The lowest BCUT2D eigenvalue weighted by Gasteiger charge is -2.20. The van der Waals surface area contributed by atoms with Crippen LogP contribution in [0.2, 0.25) is 0 Å². The second kappa shape index (κ2) is 9.49. The molecular weight excluding hydrogens is 186 g/mol. The predicted octanol–water partition coefficient (Wildman–Crippen LogP) is 1.11. The zero-order valence-corrected chi connectivity index (χ0v) is 9.87. The van der Waals surface area contributed by atoms with E-state index in [1.165, 1.54) is 5.57 Å². The van der Waals surface area contributed by atoms with E-state index in [1.54, 1.807) is 12.3 Å². The van der Waals surface area contributed by atoms with Crippen LogP contribution >= 0.6 is 0 Å². The molecule has 0 aromatic heterocycles.